The summed E-state index contributed by atoms with van der Waals surface area (Å²) in [6, 6.07) is 2.13. The summed E-state index contributed by atoms with van der Waals surface area (Å²) in [5.74, 6) is 0.268. The molecule has 0 saturated carbocycles. The molecule has 1 aromatic rings. The van der Waals surface area contributed by atoms with Crippen molar-refractivity contribution in [3.63, 3.8) is 0 Å². The molecule has 1 aromatic heterocycles. The number of anilines is 1. The molecule has 2 atom stereocenters. The Bertz CT molecular complexity index is 409. The molecule has 100 valence electrons. The molecule has 2 rings (SSSR count). The van der Waals surface area contributed by atoms with Crippen LogP contribution in [-0.4, -0.2) is 23.7 Å². The molecular formula is C12H15F3N2O. The maximum absolute atomic E-state index is 12.5. The van der Waals surface area contributed by atoms with E-state index in [1.165, 1.54) is 6.20 Å². The van der Waals surface area contributed by atoms with Gasteiger partial charge in [-0.05, 0) is 31.9 Å². The highest BCUT2D eigenvalue weighted by Crippen LogP contribution is 2.30. The van der Waals surface area contributed by atoms with Gasteiger partial charge >= 0.3 is 6.18 Å². The van der Waals surface area contributed by atoms with Crippen LogP contribution in [0.4, 0.5) is 19.0 Å². The van der Waals surface area contributed by atoms with Gasteiger partial charge in [-0.1, -0.05) is 0 Å². The van der Waals surface area contributed by atoms with Crippen molar-refractivity contribution in [2.75, 3.05) is 11.9 Å². The first-order valence-corrected chi connectivity index (χ1v) is 5.86. The number of nitrogens with one attached hydrogen (secondary N) is 1. The Morgan fingerprint density at radius 3 is 2.89 bits per heavy atom. The van der Waals surface area contributed by atoms with Gasteiger partial charge in [0.1, 0.15) is 5.82 Å². The van der Waals surface area contributed by atoms with Gasteiger partial charge in [-0.3, -0.25) is 0 Å². The summed E-state index contributed by atoms with van der Waals surface area (Å²) >= 11 is 0. The molecule has 6 heteroatoms. The fourth-order valence-electron chi connectivity index (χ4n) is 2.02. The van der Waals surface area contributed by atoms with E-state index in [1.54, 1.807) is 0 Å². The number of alkyl halides is 3. The molecule has 1 aliphatic heterocycles. The molecule has 1 fully saturated rings. The number of ether oxygens (including phenoxy) is 1. The lowest BCUT2D eigenvalue weighted by Crippen LogP contribution is -2.32. The lowest BCUT2D eigenvalue weighted by molar-refractivity contribution is -0.137. The standard InChI is InChI=1S/C12H15F3N2O/c1-8-6-10(3-5-18-8)17-11-7-9(2-4-16-11)12(13,14)15/h2,4,7-8,10H,3,5-6H2,1H3,(H,16,17). The molecule has 0 bridgehead atoms. The van der Waals surface area contributed by atoms with Gasteiger partial charge in [0.05, 0.1) is 11.7 Å². The third kappa shape index (κ3) is 3.35. The van der Waals surface area contributed by atoms with E-state index in [0.717, 1.165) is 25.0 Å². The van der Waals surface area contributed by atoms with E-state index in [1.807, 2.05) is 6.92 Å². The lowest BCUT2D eigenvalue weighted by Gasteiger charge is -2.28. The minimum absolute atomic E-state index is 0.115. The number of pyridine rings is 1. The normalized spacial score (nSPS) is 24.9. The van der Waals surface area contributed by atoms with E-state index >= 15 is 0 Å². The van der Waals surface area contributed by atoms with Crippen molar-refractivity contribution in [2.45, 2.75) is 38.1 Å². The first kappa shape index (κ1) is 13.1. The van der Waals surface area contributed by atoms with Crippen LogP contribution in [-0.2, 0) is 10.9 Å². The number of rotatable bonds is 2. The van der Waals surface area contributed by atoms with E-state index in [4.69, 9.17) is 4.74 Å². The topological polar surface area (TPSA) is 34.2 Å². The Morgan fingerprint density at radius 2 is 2.22 bits per heavy atom. The summed E-state index contributed by atoms with van der Waals surface area (Å²) < 4.78 is 43.0. The van der Waals surface area contributed by atoms with Crippen molar-refractivity contribution < 1.29 is 17.9 Å². The average molecular weight is 260 g/mol. The Morgan fingerprint density at radius 1 is 1.44 bits per heavy atom. The van der Waals surface area contributed by atoms with Gasteiger partial charge in [0.15, 0.2) is 0 Å². The summed E-state index contributed by atoms with van der Waals surface area (Å²) in [6.45, 7) is 2.57. The molecule has 0 radical (unpaired) electrons. The quantitative estimate of drug-likeness (QED) is 0.887. The molecule has 0 aliphatic carbocycles. The molecular weight excluding hydrogens is 245 g/mol. The molecule has 3 nitrogen and oxygen atoms in total. The van der Waals surface area contributed by atoms with Crippen LogP contribution in [0, 0.1) is 0 Å². The van der Waals surface area contributed by atoms with Crippen molar-refractivity contribution in [3.8, 4) is 0 Å². The van der Waals surface area contributed by atoms with E-state index in [2.05, 4.69) is 10.3 Å². The summed E-state index contributed by atoms with van der Waals surface area (Å²) in [5.41, 5.74) is -0.680. The van der Waals surface area contributed by atoms with Crippen LogP contribution in [0.1, 0.15) is 25.3 Å². The Balaban J connectivity index is 2.05. The fraction of sp³-hybridized carbons (Fsp3) is 0.583. The molecule has 1 saturated heterocycles. The molecule has 1 aliphatic rings. The number of hydrogen-bond acceptors (Lipinski definition) is 3. The number of halogens is 3. The van der Waals surface area contributed by atoms with Gasteiger partial charge < -0.3 is 10.1 Å². The third-order valence-electron chi connectivity index (χ3n) is 2.92. The van der Waals surface area contributed by atoms with E-state index in [0.29, 0.717) is 6.61 Å². The predicted molar refractivity (Wildman–Crippen MR) is 61.3 cm³/mol. The second kappa shape index (κ2) is 5.14. The zero-order valence-corrected chi connectivity index (χ0v) is 10.00. The van der Waals surface area contributed by atoms with Crippen molar-refractivity contribution in [2.24, 2.45) is 0 Å². The van der Waals surface area contributed by atoms with Crippen molar-refractivity contribution in [3.05, 3.63) is 23.9 Å². The monoisotopic (exact) mass is 260 g/mol. The maximum atomic E-state index is 12.5. The first-order valence-electron chi connectivity index (χ1n) is 5.86. The minimum atomic E-state index is -4.33. The Hall–Kier alpha value is -1.30. The highest BCUT2D eigenvalue weighted by Gasteiger charge is 2.31. The van der Waals surface area contributed by atoms with Gasteiger partial charge in [-0.15, -0.1) is 0 Å². The predicted octanol–water partition coefficient (Wildman–Crippen LogP) is 3.08. The summed E-state index contributed by atoms with van der Waals surface area (Å²) in [7, 11) is 0. The zero-order valence-electron chi connectivity index (χ0n) is 10.00. The molecule has 18 heavy (non-hydrogen) atoms. The van der Waals surface area contributed by atoms with E-state index in [9.17, 15) is 13.2 Å². The molecule has 0 spiro atoms. The SMILES string of the molecule is CC1CC(Nc2cc(C(F)(F)F)ccn2)CCO1. The maximum Gasteiger partial charge on any atom is 0.416 e. The van der Waals surface area contributed by atoms with Crippen molar-refractivity contribution >= 4 is 5.82 Å². The van der Waals surface area contributed by atoms with Crippen LogP contribution in [0.15, 0.2) is 18.3 Å². The van der Waals surface area contributed by atoms with E-state index < -0.39 is 11.7 Å². The number of hydrogen-bond donors (Lipinski definition) is 1. The second-order valence-electron chi connectivity index (χ2n) is 4.47. The lowest BCUT2D eigenvalue weighted by atomic mass is 10.0. The van der Waals surface area contributed by atoms with E-state index in [-0.39, 0.29) is 18.0 Å². The fourth-order valence-corrected chi connectivity index (χ4v) is 2.02. The second-order valence-corrected chi connectivity index (χ2v) is 4.47. The highest BCUT2D eigenvalue weighted by atomic mass is 19.4. The van der Waals surface area contributed by atoms with Crippen LogP contribution in [0.25, 0.3) is 0 Å². The molecule has 1 N–H and O–H groups in total. The van der Waals surface area contributed by atoms with Gasteiger partial charge in [-0.25, -0.2) is 4.98 Å². The molecule has 2 unspecified atom stereocenters. The molecule has 2 heterocycles. The smallest absolute Gasteiger partial charge is 0.378 e. The van der Waals surface area contributed by atoms with Gasteiger partial charge in [0.25, 0.3) is 0 Å². The molecule has 0 aromatic carbocycles. The van der Waals surface area contributed by atoms with Crippen LogP contribution >= 0.6 is 0 Å². The largest absolute Gasteiger partial charge is 0.416 e. The van der Waals surface area contributed by atoms with Crippen LogP contribution in [0.2, 0.25) is 0 Å². The highest BCUT2D eigenvalue weighted by molar-refractivity contribution is 5.39. The minimum Gasteiger partial charge on any atom is -0.378 e. The van der Waals surface area contributed by atoms with Gasteiger partial charge in [-0.2, -0.15) is 13.2 Å². The van der Waals surface area contributed by atoms with Crippen LogP contribution in [0.5, 0.6) is 0 Å². The van der Waals surface area contributed by atoms with Crippen LogP contribution < -0.4 is 5.32 Å². The first-order chi connectivity index (χ1) is 8.45. The number of aromatic nitrogens is 1. The van der Waals surface area contributed by atoms with Crippen molar-refractivity contribution in [1.29, 1.82) is 0 Å². The number of nitrogens with zero attached hydrogens (tertiary/aromatic N) is 1. The molecule has 0 amide bonds. The van der Waals surface area contributed by atoms with Gasteiger partial charge in [0.2, 0.25) is 0 Å². The third-order valence-corrected chi connectivity index (χ3v) is 2.92. The zero-order chi connectivity index (χ0) is 13.2. The van der Waals surface area contributed by atoms with Crippen molar-refractivity contribution in [1.82, 2.24) is 4.98 Å². The Kier molecular flexibility index (Phi) is 3.75. The van der Waals surface area contributed by atoms with Gasteiger partial charge in [0, 0.05) is 18.8 Å². The Labute approximate surface area is 103 Å². The average Bonchev–Trinajstić information content (AvgIpc) is 2.28. The van der Waals surface area contributed by atoms with Crippen LogP contribution in [0.3, 0.4) is 0 Å². The summed E-state index contributed by atoms with van der Waals surface area (Å²) in [6.07, 6.45) is -1.47. The summed E-state index contributed by atoms with van der Waals surface area (Å²) in [4.78, 5) is 3.92. The summed E-state index contributed by atoms with van der Waals surface area (Å²) in [5, 5.41) is 3.03.